The molecule has 9 heteroatoms. The first-order valence-electron chi connectivity index (χ1n) is 13.6. The summed E-state index contributed by atoms with van der Waals surface area (Å²) in [5, 5.41) is 17.7. The Labute approximate surface area is 231 Å². The Bertz CT molecular complexity index is 1230. The normalized spacial score (nSPS) is 21.7. The molecule has 3 N–H and O–H groups in total. The molecule has 1 aliphatic carbocycles. The maximum absolute atomic E-state index is 13.4. The van der Waals surface area contributed by atoms with Crippen molar-refractivity contribution in [2.75, 3.05) is 30.0 Å². The van der Waals surface area contributed by atoms with Crippen LogP contribution in [0.15, 0.2) is 24.3 Å². The summed E-state index contributed by atoms with van der Waals surface area (Å²) in [7, 11) is -3.09. The molecule has 7 nitrogen and oxygen atoms in total. The van der Waals surface area contributed by atoms with Gasteiger partial charge in [-0.05, 0) is 66.2 Å². The average Bonchev–Trinajstić information content (AvgIpc) is 3.39. The number of thiophene rings is 1. The largest absolute Gasteiger partial charge is 0.491 e. The van der Waals surface area contributed by atoms with Crippen LogP contribution >= 0.6 is 11.3 Å². The van der Waals surface area contributed by atoms with E-state index in [4.69, 9.17) is 4.74 Å². The van der Waals surface area contributed by atoms with Gasteiger partial charge < -0.3 is 20.5 Å². The number of hydrogen-bond acceptors (Lipinski definition) is 7. The number of aliphatic hydroxyl groups is 1. The highest BCUT2D eigenvalue weighted by atomic mass is 32.2. The zero-order valence-corrected chi connectivity index (χ0v) is 24.8. The van der Waals surface area contributed by atoms with E-state index in [1.807, 2.05) is 24.3 Å². The van der Waals surface area contributed by atoms with Crippen LogP contribution in [0.1, 0.15) is 79.7 Å². The number of fused-ring (bicyclic) bond motifs is 1. The fourth-order valence-corrected chi connectivity index (χ4v) is 8.27. The van der Waals surface area contributed by atoms with Crippen molar-refractivity contribution in [1.29, 1.82) is 0 Å². The summed E-state index contributed by atoms with van der Waals surface area (Å²) >= 11 is 1.59. The first kappa shape index (κ1) is 28.9. The van der Waals surface area contributed by atoms with Gasteiger partial charge in [0.2, 0.25) is 0 Å². The van der Waals surface area contributed by atoms with Crippen LogP contribution < -0.4 is 15.4 Å². The lowest BCUT2D eigenvalue weighted by molar-refractivity contribution is 0.0940. The van der Waals surface area contributed by atoms with E-state index >= 15 is 0 Å². The van der Waals surface area contributed by atoms with E-state index < -0.39 is 15.9 Å². The molecule has 0 radical (unpaired) electrons. The molecule has 1 aliphatic heterocycles. The van der Waals surface area contributed by atoms with Gasteiger partial charge in [-0.25, -0.2) is 8.42 Å². The molecule has 4 rings (SSSR count). The number of ether oxygens (including phenoxy) is 1. The van der Waals surface area contributed by atoms with Crippen LogP contribution in [0.3, 0.4) is 0 Å². The molecule has 0 saturated carbocycles. The zero-order chi connectivity index (χ0) is 27.7. The lowest BCUT2D eigenvalue weighted by Gasteiger charge is -2.33. The van der Waals surface area contributed by atoms with Crippen molar-refractivity contribution in [1.82, 2.24) is 5.32 Å². The average molecular weight is 563 g/mol. The molecule has 38 heavy (non-hydrogen) atoms. The molecule has 0 spiro atoms. The van der Waals surface area contributed by atoms with Crippen LogP contribution in [0, 0.1) is 11.3 Å². The van der Waals surface area contributed by atoms with Gasteiger partial charge in [-0.1, -0.05) is 46.8 Å². The van der Waals surface area contributed by atoms with Crippen molar-refractivity contribution in [2.45, 2.75) is 78.4 Å². The molecule has 2 heterocycles. The summed E-state index contributed by atoms with van der Waals surface area (Å²) in [6, 6.07) is 7.54. The quantitative estimate of drug-likeness (QED) is 0.406. The second-order valence-electron chi connectivity index (χ2n) is 12.2. The van der Waals surface area contributed by atoms with Crippen molar-refractivity contribution in [3.63, 3.8) is 0 Å². The fraction of sp³-hybridized carbons (Fsp3) is 0.621. The van der Waals surface area contributed by atoms with E-state index in [1.54, 1.807) is 11.3 Å². The highest BCUT2D eigenvalue weighted by molar-refractivity contribution is 7.91. The smallest absolute Gasteiger partial charge is 0.254 e. The molecule has 2 aromatic rings. The number of carbonyl (C=O) groups excluding carboxylic acids is 1. The molecule has 1 amide bonds. The molecule has 0 bridgehead atoms. The van der Waals surface area contributed by atoms with Gasteiger partial charge in [0.1, 0.15) is 23.5 Å². The first-order chi connectivity index (χ1) is 17.8. The molecular weight excluding hydrogens is 520 g/mol. The summed E-state index contributed by atoms with van der Waals surface area (Å²) < 4.78 is 29.6. The number of hydrogen-bond donors (Lipinski definition) is 3. The molecule has 3 atom stereocenters. The van der Waals surface area contributed by atoms with Gasteiger partial charge in [0.25, 0.3) is 5.91 Å². The number of sulfone groups is 1. The van der Waals surface area contributed by atoms with Gasteiger partial charge in [-0.3, -0.25) is 4.79 Å². The summed E-state index contributed by atoms with van der Waals surface area (Å²) in [4.78, 5) is 14.7. The Hall–Kier alpha value is -2.10. The first-order valence-corrected chi connectivity index (χ1v) is 16.3. The minimum absolute atomic E-state index is 0.00583. The van der Waals surface area contributed by atoms with Crippen LogP contribution in [0.5, 0.6) is 5.75 Å². The number of benzene rings is 1. The molecule has 1 fully saturated rings. The Morgan fingerprint density at radius 3 is 2.50 bits per heavy atom. The van der Waals surface area contributed by atoms with Gasteiger partial charge in [-0.15, -0.1) is 11.3 Å². The lowest BCUT2D eigenvalue weighted by Crippen LogP contribution is -2.36. The molecule has 2 aliphatic rings. The Balaban J connectivity index is 1.45. The summed E-state index contributed by atoms with van der Waals surface area (Å²) in [6.07, 6.45) is 2.43. The van der Waals surface area contributed by atoms with Gasteiger partial charge >= 0.3 is 0 Å². The number of carbonyl (C=O) groups is 1. The predicted molar refractivity (Wildman–Crippen MR) is 154 cm³/mol. The Morgan fingerprint density at radius 1 is 1.18 bits per heavy atom. The molecule has 3 unspecified atom stereocenters. The van der Waals surface area contributed by atoms with E-state index in [-0.39, 0.29) is 42.0 Å². The number of aliphatic hydroxyl groups excluding tert-OH is 1. The highest BCUT2D eigenvalue weighted by Crippen LogP contribution is 2.44. The van der Waals surface area contributed by atoms with Crippen LogP contribution in [0.4, 0.5) is 5.00 Å². The zero-order valence-electron chi connectivity index (χ0n) is 23.2. The lowest BCUT2D eigenvalue weighted by atomic mass is 9.72. The van der Waals surface area contributed by atoms with Gasteiger partial charge in [0.05, 0.1) is 17.1 Å². The third-order valence-electron chi connectivity index (χ3n) is 7.77. The summed E-state index contributed by atoms with van der Waals surface area (Å²) in [6.45, 7) is 11.4. The van der Waals surface area contributed by atoms with E-state index in [9.17, 15) is 18.3 Å². The topological polar surface area (TPSA) is 105 Å². The van der Waals surface area contributed by atoms with Crippen molar-refractivity contribution < 1.29 is 23.1 Å². The van der Waals surface area contributed by atoms with Crippen LogP contribution in [0.25, 0.3) is 0 Å². The standard InChI is InChI=1S/C29H42N2O5S2/c1-18(2)19-6-9-23(10-7-19)36-16-22(32)15-30-28-26(27(33)31-21-12-13-38(34,35)17-21)24-11-8-20(29(3,4)5)14-25(24)37-28/h6-7,9-10,18,20-22,30,32H,8,11-17H2,1-5H3,(H,31,33). The highest BCUT2D eigenvalue weighted by Gasteiger charge is 2.35. The van der Waals surface area contributed by atoms with E-state index in [2.05, 4.69) is 45.3 Å². The third-order valence-corrected chi connectivity index (χ3v) is 10.8. The van der Waals surface area contributed by atoms with Gasteiger partial charge in [0, 0.05) is 17.5 Å². The fourth-order valence-electron chi connectivity index (χ4n) is 5.27. The minimum Gasteiger partial charge on any atom is -0.491 e. The number of anilines is 1. The maximum atomic E-state index is 13.4. The Morgan fingerprint density at radius 2 is 1.89 bits per heavy atom. The monoisotopic (exact) mass is 562 g/mol. The minimum atomic E-state index is -3.09. The van der Waals surface area contributed by atoms with Crippen LogP contribution in [0.2, 0.25) is 0 Å². The second kappa shape index (κ2) is 11.6. The second-order valence-corrected chi connectivity index (χ2v) is 15.5. The predicted octanol–water partition coefficient (Wildman–Crippen LogP) is 4.79. The Kier molecular flexibility index (Phi) is 8.79. The van der Waals surface area contributed by atoms with E-state index in [0.29, 0.717) is 29.6 Å². The van der Waals surface area contributed by atoms with Crippen molar-refractivity contribution in [3.8, 4) is 5.75 Å². The molecule has 1 aromatic carbocycles. The number of amides is 1. The third kappa shape index (κ3) is 7.10. The van der Waals surface area contributed by atoms with Crippen molar-refractivity contribution in [2.24, 2.45) is 11.3 Å². The van der Waals surface area contributed by atoms with E-state index in [0.717, 1.165) is 29.8 Å². The number of nitrogens with one attached hydrogen (secondary N) is 2. The van der Waals surface area contributed by atoms with Crippen LogP contribution in [-0.4, -0.2) is 56.2 Å². The SMILES string of the molecule is CC(C)c1ccc(OCC(O)CNc2sc3c(c2C(=O)NC2CCS(=O)(=O)C2)CCC(C(C)(C)C)C3)cc1. The van der Waals surface area contributed by atoms with Gasteiger partial charge in [0.15, 0.2) is 9.84 Å². The van der Waals surface area contributed by atoms with E-state index in [1.165, 1.54) is 10.4 Å². The molecule has 210 valence electrons. The number of rotatable bonds is 9. The molecule has 1 saturated heterocycles. The van der Waals surface area contributed by atoms with Gasteiger partial charge in [-0.2, -0.15) is 0 Å². The summed E-state index contributed by atoms with van der Waals surface area (Å²) in [5.74, 6) is 1.56. The molecular formula is C29H42N2O5S2. The van der Waals surface area contributed by atoms with Crippen molar-refractivity contribution >= 4 is 32.1 Å². The van der Waals surface area contributed by atoms with Crippen molar-refractivity contribution in [3.05, 3.63) is 45.8 Å². The maximum Gasteiger partial charge on any atom is 0.254 e. The summed E-state index contributed by atoms with van der Waals surface area (Å²) in [5.41, 5.74) is 3.08. The van der Waals surface area contributed by atoms with Crippen LogP contribution in [-0.2, 0) is 22.7 Å². The molecule has 1 aromatic heterocycles.